The molecule has 0 aliphatic carbocycles. The van der Waals surface area contributed by atoms with Crippen LogP contribution in [-0.4, -0.2) is 25.2 Å². The van der Waals surface area contributed by atoms with E-state index in [0.717, 1.165) is 4.88 Å². The van der Waals surface area contributed by atoms with Crippen LogP contribution in [0.25, 0.3) is 11.3 Å². The third-order valence-corrected chi connectivity index (χ3v) is 7.24. The SMILES string of the molecule is Nc1ccccc1C(=O)n1nc(-c2c(Br)ccn(Cc3cocn3)c2=O)cc1NCc1ccc(Cl)s1. The molecule has 36 heavy (non-hydrogen) atoms. The number of hydrogen-bond donors (Lipinski definition) is 2. The van der Waals surface area contributed by atoms with Crippen LogP contribution in [0.5, 0.6) is 0 Å². The van der Waals surface area contributed by atoms with Crippen molar-refractivity contribution in [2.24, 2.45) is 0 Å². The molecule has 3 N–H and O–H groups in total. The fourth-order valence-corrected chi connectivity index (χ4v) is 5.13. The Morgan fingerprint density at radius 1 is 1.22 bits per heavy atom. The van der Waals surface area contributed by atoms with Gasteiger partial charge in [0.05, 0.1) is 34.2 Å². The molecular weight excluding hydrogens is 568 g/mol. The Bertz CT molecular complexity index is 1610. The molecule has 0 unspecified atom stereocenters. The van der Waals surface area contributed by atoms with Crippen LogP contribution in [0.4, 0.5) is 11.5 Å². The zero-order valence-corrected chi connectivity index (χ0v) is 21.7. The minimum atomic E-state index is -0.430. The van der Waals surface area contributed by atoms with Crippen LogP contribution in [-0.2, 0) is 13.1 Å². The minimum absolute atomic E-state index is 0.222. The van der Waals surface area contributed by atoms with Crippen LogP contribution in [0.3, 0.4) is 0 Å². The standard InChI is InChI=1S/C24H18BrClN6O3S/c25-17-7-8-31(11-14-12-35-13-29-14)24(34)22(17)19-9-21(28-10-15-5-6-20(26)36-15)32(30-19)23(33)16-3-1-2-4-18(16)27/h1-9,12-13,28H,10-11,27H2. The summed E-state index contributed by atoms with van der Waals surface area (Å²) in [6.07, 6.45) is 4.43. The summed E-state index contributed by atoms with van der Waals surface area (Å²) in [5.74, 6) is -0.0259. The van der Waals surface area contributed by atoms with Gasteiger partial charge in [0.15, 0.2) is 6.39 Å². The van der Waals surface area contributed by atoms with E-state index in [9.17, 15) is 9.59 Å². The summed E-state index contributed by atoms with van der Waals surface area (Å²) in [6.45, 7) is 0.631. The molecule has 0 fully saturated rings. The molecule has 4 aromatic heterocycles. The summed E-state index contributed by atoms with van der Waals surface area (Å²) in [6, 6.07) is 13.9. The predicted octanol–water partition coefficient (Wildman–Crippen LogP) is 5.11. The summed E-state index contributed by atoms with van der Waals surface area (Å²) >= 11 is 11.0. The van der Waals surface area contributed by atoms with Crippen molar-refractivity contribution in [2.45, 2.75) is 13.1 Å². The number of pyridine rings is 1. The van der Waals surface area contributed by atoms with E-state index in [1.807, 2.05) is 6.07 Å². The van der Waals surface area contributed by atoms with Crippen LogP contribution in [0, 0.1) is 0 Å². The summed E-state index contributed by atoms with van der Waals surface area (Å²) in [5, 5.41) is 7.76. The van der Waals surface area contributed by atoms with Gasteiger partial charge in [-0.2, -0.15) is 9.78 Å². The van der Waals surface area contributed by atoms with Gasteiger partial charge in [-0.25, -0.2) is 4.98 Å². The highest BCUT2D eigenvalue weighted by molar-refractivity contribution is 9.10. The van der Waals surface area contributed by atoms with Gasteiger partial charge in [-0.05, 0) is 46.3 Å². The maximum Gasteiger partial charge on any atom is 0.282 e. The number of anilines is 2. The van der Waals surface area contributed by atoms with Gasteiger partial charge in [0.25, 0.3) is 11.5 Å². The predicted molar refractivity (Wildman–Crippen MR) is 142 cm³/mol. The minimum Gasteiger partial charge on any atom is -0.451 e. The lowest BCUT2D eigenvalue weighted by molar-refractivity contribution is 0.0948. The topological polar surface area (TPSA) is 121 Å². The first-order valence-electron chi connectivity index (χ1n) is 10.6. The van der Waals surface area contributed by atoms with Gasteiger partial charge >= 0.3 is 0 Å². The Morgan fingerprint density at radius 2 is 2.06 bits per heavy atom. The number of aromatic nitrogens is 4. The van der Waals surface area contributed by atoms with Gasteiger partial charge in [0.1, 0.15) is 17.8 Å². The van der Waals surface area contributed by atoms with Gasteiger partial charge in [-0.15, -0.1) is 11.3 Å². The van der Waals surface area contributed by atoms with Crippen molar-refractivity contribution >= 4 is 56.3 Å². The largest absolute Gasteiger partial charge is 0.451 e. The van der Waals surface area contributed by atoms with E-state index in [2.05, 4.69) is 31.3 Å². The van der Waals surface area contributed by atoms with E-state index in [1.54, 1.807) is 48.7 Å². The van der Waals surface area contributed by atoms with Crippen molar-refractivity contribution in [3.8, 4) is 11.3 Å². The number of oxazole rings is 1. The van der Waals surface area contributed by atoms with Gasteiger partial charge in [0.2, 0.25) is 0 Å². The molecule has 0 bridgehead atoms. The molecule has 9 nitrogen and oxygen atoms in total. The molecule has 1 aromatic carbocycles. The molecule has 5 aromatic rings. The lowest BCUT2D eigenvalue weighted by Gasteiger charge is -2.09. The number of nitrogen functional groups attached to an aromatic ring is 1. The number of nitrogens with one attached hydrogen (secondary N) is 1. The molecule has 0 atom stereocenters. The zero-order valence-electron chi connectivity index (χ0n) is 18.5. The Kier molecular flexibility index (Phi) is 6.77. The fraction of sp³-hybridized carbons (Fsp3) is 0.0833. The molecule has 4 heterocycles. The number of para-hydroxylation sites is 1. The van der Waals surface area contributed by atoms with E-state index in [1.165, 1.54) is 33.2 Å². The number of hydrogen-bond acceptors (Lipinski definition) is 8. The normalized spacial score (nSPS) is 11.1. The van der Waals surface area contributed by atoms with Crippen molar-refractivity contribution in [1.29, 1.82) is 0 Å². The summed E-state index contributed by atoms with van der Waals surface area (Å²) in [5.41, 5.74) is 7.59. The summed E-state index contributed by atoms with van der Waals surface area (Å²) < 4.78 is 8.93. The van der Waals surface area contributed by atoms with Crippen LogP contribution in [0.15, 0.2) is 81.1 Å². The van der Waals surface area contributed by atoms with Crippen LogP contribution >= 0.6 is 38.9 Å². The summed E-state index contributed by atoms with van der Waals surface area (Å²) in [4.78, 5) is 31.9. The Labute approximate surface area is 222 Å². The molecule has 0 saturated carbocycles. The number of halogens is 2. The van der Waals surface area contributed by atoms with E-state index >= 15 is 0 Å². The van der Waals surface area contributed by atoms with Crippen molar-refractivity contribution in [1.82, 2.24) is 19.3 Å². The fourth-order valence-electron chi connectivity index (χ4n) is 3.61. The lowest BCUT2D eigenvalue weighted by Crippen LogP contribution is -2.22. The molecule has 0 aliphatic rings. The van der Waals surface area contributed by atoms with E-state index in [0.29, 0.717) is 49.4 Å². The number of carbonyl (C=O) groups is 1. The Hall–Kier alpha value is -3.67. The molecule has 5 rings (SSSR count). The second-order valence-corrected chi connectivity index (χ2v) is 10.4. The molecular formula is C24H18BrClN6O3S. The number of benzene rings is 1. The second kappa shape index (κ2) is 10.1. The van der Waals surface area contributed by atoms with E-state index in [-0.39, 0.29) is 12.1 Å². The second-order valence-electron chi connectivity index (χ2n) is 7.73. The van der Waals surface area contributed by atoms with Crippen molar-refractivity contribution in [2.75, 3.05) is 11.1 Å². The molecule has 182 valence electrons. The maximum absolute atomic E-state index is 13.4. The van der Waals surface area contributed by atoms with Gasteiger partial charge in [0, 0.05) is 27.3 Å². The first-order chi connectivity index (χ1) is 17.4. The first-order valence-corrected chi connectivity index (χ1v) is 12.6. The smallest absolute Gasteiger partial charge is 0.282 e. The van der Waals surface area contributed by atoms with E-state index < -0.39 is 5.91 Å². The van der Waals surface area contributed by atoms with Crippen molar-refractivity contribution in [3.05, 3.63) is 103 Å². The molecule has 0 aliphatic heterocycles. The highest BCUT2D eigenvalue weighted by Gasteiger charge is 2.22. The van der Waals surface area contributed by atoms with Crippen LogP contribution in [0.2, 0.25) is 4.34 Å². The van der Waals surface area contributed by atoms with Crippen molar-refractivity contribution in [3.63, 3.8) is 0 Å². The zero-order chi connectivity index (χ0) is 25.2. The number of rotatable bonds is 7. The van der Waals surface area contributed by atoms with E-state index in [4.69, 9.17) is 21.8 Å². The molecule has 0 spiro atoms. The Balaban J connectivity index is 1.57. The average molecular weight is 586 g/mol. The maximum atomic E-state index is 13.4. The monoisotopic (exact) mass is 584 g/mol. The first kappa shape index (κ1) is 24.0. The highest BCUT2D eigenvalue weighted by atomic mass is 79.9. The molecule has 0 saturated heterocycles. The Morgan fingerprint density at radius 3 is 2.78 bits per heavy atom. The van der Waals surface area contributed by atoms with Gasteiger partial charge in [-0.1, -0.05) is 23.7 Å². The van der Waals surface area contributed by atoms with Gasteiger partial charge < -0.3 is 20.0 Å². The summed E-state index contributed by atoms with van der Waals surface area (Å²) in [7, 11) is 0. The number of thiophene rings is 1. The van der Waals surface area contributed by atoms with Crippen molar-refractivity contribution < 1.29 is 9.21 Å². The third-order valence-electron chi connectivity index (χ3n) is 5.35. The number of nitrogens with zero attached hydrogens (tertiary/aromatic N) is 4. The number of carbonyl (C=O) groups excluding carboxylic acids is 1. The highest BCUT2D eigenvalue weighted by Crippen LogP contribution is 2.28. The number of nitrogens with two attached hydrogens (primary N) is 1. The molecule has 0 amide bonds. The van der Waals surface area contributed by atoms with Crippen LogP contribution in [0.1, 0.15) is 20.9 Å². The molecule has 12 heteroatoms. The average Bonchev–Trinajstić information content (AvgIpc) is 3.61. The van der Waals surface area contributed by atoms with Gasteiger partial charge in [-0.3, -0.25) is 9.59 Å². The third kappa shape index (κ3) is 4.85. The molecule has 0 radical (unpaired) electrons. The quantitative estimate of drug-likeness (QED) is 0.255. The van der Waals surface area contributed by atoms with Crippen LogP contribution < -0.4 is 16.6 Å². The lowest BCUT2D eigenvalue weighted by atomic mass is 10.2.